The molecule has 0 heterocycles. The van der Waals surface area contributed by atoms with Gasteiger partial charge in [-0.05, 0) is 105 Å². The second-order valence-corrected chi connectivity index (χ2v) is 10.2. The Kier molecular flexibility index (Phi) is 9.19. The van der Waals surface area contributed by atoms with Crippen molar-refractivity contribution in [2.45, 2.75) is 84.0 Å². The van der Waals surface area contributed by atoms with E-state index in [-0.39, 0.29) is 5.82 Å². The van der Waals surface area contributed by atoms with Crippen LogP contribution in [0.5, 0.6) is 0 Å². The average molecular weight is 467 g/mol. The summed E-state index contributed by atoms with van der Waals surface area (Å²) in [6, 6.07) is 18.6. The van der Waals surface area contributed by atoms with E-state index in [9.17, 15) is 0 Å². The first-order chi connectivity index (χ1) is 17.2. The Balaban J connectivity index is 1.42. The third kappa shape index (κ3) is 6.85. The van der Waals surface area contributed by atoms with Gasteiger partial charge in [0.2, 0.25) is 0 Å². The lowest BCUT2D eigenvalue weighted by Crippen LogP contribution is -2.13. The maximum absolute atomic E-state index is 15.3. The van der Waals surface area contributed by atoms with Crippen LogP contribution in [0.2, 0.25) is 0 Å². The summed E-state index contributed by atoms with van der Waals surface area (Å²) >= 11 is 0. The number of rotatable bonds is 8. The lowest BCUT2D eigenvalue weighted by atomic mass is 9.77. The molecule has 1 fully saturated rings. The molecule has 0 amide bonds. The van der Waals surface area contributed by atoms with E-state index in [0.29, 0.717) is 16.9 Å². The summed E-state index contributed by atoms with van der Waals surface area (Å²) in [5, 5.41) is 1.66. The molecule has 3 aromatic rings. The fourth-order valence-electron chi connectivity index (χ4n) is 5.42. The number of allylic oxidation sites excluding steroid dienone is 2. The molecule has 35 heavy (non-hydrogen) atoms. The summed E-state index contributed by atoms with van der Waals surface area (Å²) < 4.78 is 15.3. The van der Waals surface area contributed by atoms with E-state index < -0.39 is 0 Å². The molecule has 0 nitrogen and oxygen atoms in total. The molecule has 3 aromatic carbocycles. The van der Waals surface area contributed by atoms with E-state index in [4.69, 9.17) is 0 Å². The Labute approximate surface area is 211 Å². The van der Waals surface area contributed by atoms with E-state index >= 15 is 4.39 Å². The summed E-state index contributed by atoms with van der Waals surface area (Å²) in [5.41, 5.74) is 4.11. The molecule has 1 aliphatic carbocycles. The highest BCUT2D eigenvalue weighted by Gasteiger charge is 2.22. The van der Waals surface area contributed by atoms with Crippen molar-refractivity contribution >= 4 is 10.8 Å². The first-order valence-electron chi connectivity index (χ1n) is 13.6. The Morgan fingerprint density at radius 1 is 0.914 bits per heavy atom. The number of hydrogen-bond acceptors (Lipinski definition) is 0. The summed E-state index contributed by atoms with van der Waals surface area (Å²) in [4.78, 5) is 0. The van der Waals surface area contributed by atoms with Gasteiger partial charge in [-0.1, -0.05) is 80.2 Å². The highest BCUT2D eigenvalue weighted by atomic mass is 19.1. The zero-order chi connectivity index (χ0) is 24.5. The Morgan fingerprint density at radius 2 is 1.71 bits per heavy atom. The minimum atomic E-state index is -0.203. The monoisotopic (exact) mass is 466 g/mol. The maximum Gasteiger partial charge on any atom is 0.146 e. The standard InChI is InChI=1S/C34H39F/c1-3-5-7-9-26-11-13-28(14-12-26)17-20-30-21-22-32-25-31(23-24-33(32)34(30)35)29-18-15-27(16-19-29)10-8-6-4-2/h4,6,11-14,21-25,27,29H,3,5,7-10,15-16,18-19H2,1-2H3/b6-4+. The lowest BCUT2D eigenvalue weighted by Gasteiger charge is -2.28. The molecule has 1 heteroatoms. The summed E-state index contributed by atoms with van der Waals surface area (Å²) in [5.74, 6) is 7.48. The molecule has 0 aromatic heterocycles. The van der Waals surface area contributed by atoms with Gasteiger partial charge in [0.05, 0.1) is 5.56 Å². The van der Waals surface area contributed by atoms with Gasteiger partial charge in [0.15, 0.2) is 0 Å². The molecule has 1 saturated carbocycles. The van der Waals surface area contributed by atoms with Crippen molar-refractivity contribution in [3.8, 4) is 11.8 Å². The molecule has 0 atom stereocenters. The van der Waals surface area contributed by atoms with Crippen LogP contribution in [0.1, 0.15) is 99.8 Å². The topological polar surface area (TPSA) is 0 Å². The van der Waals surface area contributed by atoms with Gasteiger partial charge in [0.1, 0.15) is 5.82 Å². The van der Waals surface area contributed by atoms with Crippen LogP contribution in [0.3, 0.4) is 0 Å². The predicted octanol–water partition coefficient (Wildman–Crippen LogP) is 9.74. The molecule has 1 aliphatic rings. The fourth-order valence-corrected chi connectivity index (χ4v) is 5.42. The summed E-state index contributed by atoms with van der Waals surface area (Å²) in [6.07, 6.45) is 16.9. The smallest absolute Gasteiger partial charge is 0.146 e. The average Bonchev–Trinajstić information content (AvgIpc) is 2.90. The first-order valence-corrected chi connectivity index (χ1v) is 13.6. The van der Waals surface area contributed by atoms with Crippen LogP contribution < -0.4 is 0 Å². The van der Waals surface area contributed by atoms with Crippen molar-refractivity contribution in [2.24, 2.45) is 5.92 Å². The van der Waals surface area contributed by atoms with Gasteiger partial charge >= 0.3 is 0 Å². The molecule has 0 spiro atoms. The quantitative estimate of drug-likeness (QED) is 0.176. The molecule has 0 aliphatic heterocycles. The van der Waals surface area contributed by atoms with E-state index in [2.05, 4.69) is 74.2 Å². The number of benzene rings is 3. The first kappa shape index (κ1) is 25.2. The molecular formula is C34H39F. The van der Waals surface area contributed by atoms with E-state index in [0.717, 1.165) is 23.3 Å². The highest BCUT2D eigenvalue weighted by molar-refractivity contribution is 5.85. The largest absolute Gasteiger partial charge is 0.205 e. The highest BCUT2D eigenvalue weighted by Crippen LogP contribution is 2.38. The third-order valence-corrected chi connectivity index (χ3v) is 7.64. The van der Waals surface area contributed by atoms with Crippen LogP contribution in [-0.4, -0.2) is 0 Å². The van der Waals surface area contributed by atoms with Gasteiger partial charge in [0, 0.05) is 10.9 Å². The van der Waals surface area contributed by atoms with Gasteiger partial charge < -0.3 is 0 Å². The van der Waals surface area contributed by atoms with Gasteiger partial charge in [0.25, 0.3) is 0 Å². The molecule has 0 bridgehead atoms. The van der Waals surface area contributed by atoms with Crippen molar-refractivity contribution in [1.29, 1.82) is 0 Å². The van der Waals surface area contributed by atoms with Gasteiger partial charge in [-0.15, -0.1) is 0 Å². The molecule has 4 rings (SSSR count). The second kappa shape index (κ2) is 12.7. The van der Waals surface area contributed by atoms with Gasteiger partial charge in [-0.2, -0.15) is 0 Å². The number of aryl methyl sites for hydroxylation is 1. The Hall–Kier alpha value is -2.85. The fraction of sp³-hybridized carbons (Fsp3) is 0.412. The zero-order valence-corrected chi connectivity index (χ0v) is 21.5. The van der Waals surface area contributed by atoms with E-state index in [1.54, 1.807) is 0 Å². The van der Waals surface area contributed by atoms with Crippen LogP contribution in [-0.2, 0) is 6.42 Å². The number of fused-ring (bicyclic) bond motifs is 1. The Bertz CT molecular complexity index is 1180. The van der Waals surface area contributed by atoms with Crippen molar-refractivity contribution in [2.75, 3.05) is 0 Å². The van der Waals surface area contributed by atoms with Crippen molar-refractivity contribution < 1.29 is 4.39 Å². The lowest BCUT2D eigenvalue weighted by molar-refractivity contribution is 0.312. The summed E-state index contributed by atoms with van der Waals surface area (Å²) in [7, 11) is 0. The minimum Gasteiger partial charge on any atom is -0.205 e. The predicted molar refractivity (Wildman–Crippen MR) is 148 cm³/mol. The normalized spacial score (nSPS) is 18.0. The Morgan fingerprint density at radius 3 is 2.46 bits per heavy atom. The molecule has 182 valence electrons. The van der Waals surface area contributed by atoms with Crippen LogP contribution in [0.4, 0.5) is 4.39 Å². The third-order valence-electron chi connectivity index (χ3n) is 7.64. The molecule has 0 radical (unpaired) electrons. The maximum atomic E-state index is 15.3. The van der Waals surface area contributed by atoms with Gasteiger partial charge in [-0.25, -0.2) is 4.39 Å². The van der Waals surface area contributed by atoms with E-state index in [1.165, 1.54) is 68.9 Å². The molecule has 0 unspecified atom stereocenters. The summed E-state index contributed by atoms with van der Waals surface area (Å²) in [6.45, 7) is 4.32. The zero-order valence-electron chi connectivity index (χ0n) is 21.5. The van der Waals surface area contributed by atoms with Crippen molar-refractivity contribution in [3.05, 3.63) is 94.8 Å². The van der Waals surface area contributed by atoms with Crippen LogP contribution in [0, 0.1) is 23.6 Å². The number of halogens is 1. The molecule has 0 saturated heterocycles. The van der Waals surface area contributed by atoms with Crippen molar-refractivity contribution in [1.82, 2.24) is 0 Å². The van der Waals surface area contributed by atoms with Gasteiger partial charge in [-0.3, -0.25) is 0 Å². The second-order valence-electron chi connectivity index (χ2n) is 10.2. The van der Waals surface area contributed by atoms with Crippen LogP contribution >= 0.6 is 0 Å². The number of hydrogen-bond donors (Lipinski definition) is 0. The number of unbranched alkanes of at least 4 members (excludes halogenated alkanes) is 2. The SMILES string of the molecule is C/C=C/CCC1CCC(c2ccc3c(F)c(C#Cc4ccc(CCCCC)cc4)ccc3c2)CC1. The van der Waals surface area contributed by atoms with E-state index in [1.807, 2.05) is 18.2 Å². The van der Waals surface area contributed by atoms with Crippen LogP contribution in [0.15, 0.2) is 66.7 Å². The molecular weight excluding hydrogens is 427 g/mol. The minimum absolute atomic E-state index is 0.203. The molecule has 0 N–H and O–H groups in total. The van der Waals surface area contributed by atoms with Crippen LogP contribution in [0.25, 0.3) is 10.8 Å². The van der Waals surface area contributed by atoms with Crippen molar-refractivity contribution in [3.63, 3.8) is 0 Å².